The molecule has 2 aromatic rings. The highest BCUT2D eigenvalue weighted by atomic mass is 32.1. The van der Waals surface area contributed by atoms with Crippen LogP contribution in [0.25, 0.3) is 0 Å². The zero-order chi connectivity index (χ0) is 11.5. The molecule has 2 aromatic heterocycles. The average Bonchev–Trinajstić information content (AvgIpc) is 2.65. The number of hydrogen-bond acceptors (Lipinski definition) is 4. The van der Waals surface area contributed by atoms with Crippen LogP contribution >= 0.6 is 12.2 Å². The van der Waals surface area contributed by atoms with E-state index in [0.29, 0.717) is 5.69 Å². The fourth-order valence-electron chi connectivity index (χ4n) is 1.34. The van der Waals surface area contributed by atoms with E-state index >= 15 is 0 Å². The number of nitrogens with one attached hydrogen (secondary N) is 1. The number of nitrogens with two attached hydrogens (primary N) is 1. The van der Waals surface area contributed by atoms with Gasteiger partial charge in [0.15, 0.2) is 0 Å². The molecule has 0 radical (unpaired) electrons. The molecule has 2 rings (SSSR count). The number of aromatic nitrogens is 3. The predicted molar refractivity (Wildman–Crippen MR) is 66.6 cm³/mol. The van der Waals surface area contributed by atoms with E-state index in [4.69, 9.17) is 18.0 Å². The van der Waals surface area contributed by atoms with Gasteiger partial charge in [-0.25, -0.2) is 0 Å². The lowest BCUT2D eigenvalue weighted by atomic mass is 10.3. The molecule has 0 saturated carbocycles. The molecule has 0 atom stereocenters. The van der Waals surface area contributed by atoms with Crippen molar-refractivity contribution >= 4 is 28.7 Å². The normalized spacial score (nSPS) is 10.1. The summed E-state index contributed by atoms with van der Waals surface area (Å²) in [5.74, 6) is 0.852. The number of aryl methyl sites for hydroxylation is 1. The number of hydrogen-bond donors (Lipinski definition) is 2. The van der Waals surface area contributed by atoms with Crippen molar-refractivity contribution in [1.82, 2.24) is 14.8 Å². The molecule has 0 saturated heterocycles. The van der Waals surface area contributed by atoms with Gasteiger partial charge in [0, 0.05) is 19.3 Å². The molecule has 0 aromatic carbocycles. The Balaban J connectivity index is 2.35. The SMILES string of the molecule is Cn1nccc1Nc1cccnc1C(N)=S. The maximum absolute atomic E-state index is 5.59. The number of pyridine rings is 1. The third-order valence-electron chi connectivity index (χ3n) is 2.12. The van der Waals surface area contributed by atoms with Gasteiger partial charge in [-0.15, -0.1) is 0 Å². The van der Waals surface area contributed by atoms with Gasteiger partial charge in [0.25, 0.3) is 0 Å². The zero-order valence-corrected chi connectivity index (χ0v) is 9.53. The van der Waals surface area contributed by atoms with E-state index < -0.39 is 0 Å². The Morgan fingerprint density at radius 2 is 2.25 bits per heavy atom. The zero-order valence-electron chi connectivity index (χ0n) is 8.71. The fourth-order valence-corrected chi connectivity index (χ4v) is 1.50. The molecule has 82 valence electrons. The lowest BCUT2D eigenvalue weighted by Crippen LogP contribution is -2.14. The molecule has 2 heterocycles. The highest BCUT2D eigenvalue weighted by Gasteiger charge is 2.07. The molecule has 0 amide bonds. The summed E-state index contributed by atoms with van der Waals surface area (Å²) >= 11 is 4.93. The third-order valence-corrected chi connectivity index (χ3v) is 2.32. The molecule has 0 fully saturated rings. The van der Waals surface area contributed by atoms with Crippen LogP contribution in [-0.2, 0) is 7.05 Å². The Morgan fingerprint density at radius 3 is 2.88 bits per heavy atom. The number of anilines is 2. The first kappa shape index (κ1) is 10.6. The minimum atomic E-state index is 0.269. The van der Waals surface area contributed by atoms with Crippen LogP contribution in [0, 0.1) is 0 Å². The van der Waals surface area contributed by atoms with Gasteiger partial charge in [0.1, 0.15) is 16.5 Å². The number of thiocarbonyl (C=S) groups is 1. The Kier molecular flexibility index (Phi) is 2.82. The molecule has 0 unspecified atom stereocenters. The first-order chi connectivity index (χ1) is 7.68. The summed E-state index contributed by atoms with van der Waals surface area (Å²) in [7, 11) is 1.85. The van der Waals surface area contributed by atoms with Gasteiger partial charge in [0.05, 0.1) is 11.9 Å². The summed E-state index contributed by atoms with van der Waals surface area (Å²) in [5, 5.41) is 7.23. The van der Waals surface area contributed by atoms with E-state index in [0.717, 1.165) is 11.5 Å². The Bertz CT molecular complexity index is 519. The number of nitrogens with zero attached hydrogens (tertiary/aromatic N) is 3. The molecule has 0 bridgehead atoms. The maximum Gasteiger partial charge on any atom is 0.128 e. The van der Waals surface area contributed by atoms with Crippen LogP contribution in [0.3, 0.4) is 0 Å². The number of rotatable bonds is 3. The summed E-state index contributed by atoms with van der Waals surface area (Å²) in [6.45, 7) is 0. The fraction of sp³-hybridized carbons (Fsp3) is 0.100. The minimum absolute atomic E-state index is 0.269. The molecule has 16 heavy (non-hydrogen) atoms. The van der Waals surface area contributed by atoms with E-state index in [2.05, 4.69) is 15.4 Å². The van der Waals surface area contributed by atoms with Crippen LogP contribution in [0.1, 0.15) is 5.69 Å². The van der Waals surface area contributed by atoms with E-state index in [1.54, 1.807) is 17.1 Å². The molecule has 0 aliphatic carbocycles. The van der Waals surface area contributed by atoms with E-state index in [-0.39, 0.29) is 4.99 Å². The Hall–Kier alpha value is -1.95. The minimum Gasteiger partial charge on any atom is -0.388 e. The van der Waals surface area contributed by atoms with Crippen LogP contribution < -0.4 is 11.1 Å². The summed E-state index contributed by atoms with van der Waals surface area (Å²) < 4.78 is 1.72. The summed E-state index contributed by atoms with van der Waals surface area (Å²) in [5.41, 5.74) is 6.95. The second kappa shape index (κ2) is 4.28. The summed E-state index contributed by atoms with van der Waals surface area (Å²) in [6, 6.07) is 5.55. The quantitative estimate of drug-likeness (QED) is 0.779. The molecule has 0 aliphatic rings. The van der Waals surface area contributed by atoms with Gasteiger partial charge >= 0.3 is 0 Å². The smallest absolute Gasteiger partial charge is 0.128 e. The van der Waals surface area contributed by atoms with Crippen LogP contribution in [0.4, 0.5) is 11.5 Å². The molecule has 0 spiro atoms. The van der Waals surface area contributed by atoms with Crippen molar-refractivity contribution in [1.29, 1.82) is 0 Å². The predicted octanol–water partition coefficient (Wildman–Crippen LogP) is 1.19. The van der Waals surface area contributed by atoms with Crippen LogP contribution in [0.5, 0.6) is 0 Å². The van der Waals surface area contributed by atoms with Crippen molar-refractivity contribution in [3.05, 3.63) is 36.3 Å². The van der Waals surface area contributed by atoms with Gasteiger partial charge in [-0.1, -0.05) is 12.2 Å². The van der Waals surface area contributed by atoms with Gasteiger partial charge in [-0.05, 0) is 12.1 Å². The molecule has 0 aliphatic heterocycles. The third kappa shape index (κ3) is 2.01. The van der Waals surface area contributed by atoms with Crippen molar-refractivity contribution in [3.63, 3.8) is 0 Å². The molecular formula is C10H11N5S. The van der Waals surface area contributed by atoms with Gasteiger partial charge in [0.2, 0.25) is 0 Å². The van der Waals surface area contributed by atoms with Crippen molar-refractivity contribution < 1.29 is 0 Å². The lowest BCUT2D eigenvalue weighted by Gasteiger charge is -2.09. The molecule has 3 N–H and O–H groups in total. The van der Waals surface area contributed by atoms with Crippen molar-refractivity contribution in [3.8, 4) is 0 Å². The monoisotopic (exact) mass is 233 g/mol. The molecule has 6 heteroatoms. The van der Waals surface area contributed by atoms with Gasteiger partial charge < -0.3 is 11.1 Å². The Morgan fingerprint density at radius 1 is 1.44 bits per heavy atom. The maximum atomic E-state index is 5.59. The lowest BCUT2D eigenvalue weighted by molar-refractivity contribution is 0.776. The first-order valence-electron chi connectivity index (χ1n) is 4.68. The van der Waals surface area contributed by atoms with Gasteiger partial charge in [-0.2, -0.15) is 5.10 Å². The highest BCUT2D eigenvalue weighted by Crippen LogP contribution is 2.18. The first-order valence-corrected chi connectivity index (χ1v) is 5.09. The van der Waals surface area contributed by atoms with E-state index in [1.165, 1.54) is 0 Å². The average molecular weight is 233 g/mol. The molecule has 5 nitrogen and oxygen atoms in total. The summed E-state index contributed by atoms with van der Waals surface area (Å²) in [4.78, 5) is 4.40. The topological polar surface area (TPSA) is 68.8 Å². The van der Waals surface area contributed by atoms with Crippen LogP contribution in [0.15, 0.2) is 30.6 Å². The second-order valence-electron chi connectivity index (χ2n) is 3.23. The van der Waals surface area contributed by atoms with Crippen molar-refractivity contribution in [2.24, 2.45) is 12.8 Å². The second-order valence-corrected chi connectivity index (χ2v) is 3.67. The van der Waals surface area contributed by atoms with Gasteiger partial charge in [-0.3, -0.25) is 9.67 Å². The molecular weight excluding hydrogens is 222 g/mol. The standard InChI is InChI=1S/C10H11N5S/c1-15-8(4-6-13-15)14-7-3-2-5-12-9(7)10(11)16/h2-6,14H,1H3,(H2,11,16). The highest BCUT2D eigenvalue weighted by molar-refractivity contribution is 7.80. The summed E-state index contributed by atoms with van der Waals surface area (Å²) in [6.07, 6.45) is 3.36. The largest absolute Gasteiger partial charge is 0.388 e. The van der Waals surface area contributed by atoms with Crippen molar-refractivity contribution in [2.75, 3.05) is 5.32 Å². The van der Waals surface area contributed by atoms with E-state index in [1.807, 2.05) is 25.2 Å². The van der Waals surface area contributed by atoms with Crippen LogP contribution in [0.2, 0.25) is 0 Å². The Labute approximate surface area is 98.3 Å². The van der Waals surface area contributed by atoms with Crippen molar-refractivity contribution in [2.45, 2.75) is 0 Å². The van der Waals surface area contributed by atoms with E-state index in [9.17, 15) is 0 Å². The van der Waals surface area contributed by atoms with Crippen LogP contribution in [-0.4, -0.2) is 19.8 Å².